The fourth-order valence-electron chi connectivity index (χ4n) is 3.94. The van der Waals surface area contributed by atoms with Crippen LogP contribution in [0.4, 0.5) is 14.6 Å². The lowest BCUT2D eigenvalue weighted by Gasteiger charge is -2.33. The molecule has 0 amide bonds. The van der Waals surface area contributed by atoms with Crippen molar-refractivity contribution in [3.8, 4) is 28.3 Å². The molecule has 10 heteroatoms. The molecule has 8 nitrogen and oxygen atoms in total. The summed E-state index contributed by atoms with van der Waals surface area (Å²) < 4.78 is 28.2. The van der Waals surface area contributed by atoms with Crippen LogP contribution in [0.25, 0.3) is 27.8 Å². The summed E-state index contributed by atoms with van der Waals surface area (Å²) in [6, 6.07) is 7.97. The molecule has 1 aliphatic rings. The van der Waals surface area contributed by atoms with Gasteiger partial charge in [0.2, 0.25) is 0 Å². The SMILES string of the molecule is CN1CCN(c2ccc(-c3cc(-c4cnn(C(F)F)c4)cn4ncc(C#N)c34)cn2)CC1. The van der Waals surface area contributed by atoms with Gasteiger partial charge in [-0.25, -0.2) is 14.2 Å². The van der Waals surface area contributed by atoms with Crippen LogP contribution in [0.2, 0.25) is 0 Å². The fourth-order valence-corrected chi connectivity index (χ4v) is 3.94. The smallest absolute Gasteiger partial charge is 0.333 e. The second-order valence-corrected chi connectivity index (χ2v) is 7.79. The number of aromatic nitrogens is 5. The van der Waals surface area contributed by atoms with Gasteiger partial charge < -0.3 is 9.80 Å². The van der Waals surface area contributed by atoms with Crippen LogP contribution < -0.4 is 4.90 Å². The zero-order valence-electron chi connectivity index (χ0n) is 17.4. The second-order valence-electron chi connectivity index (χ2n) is 7.79. The standard InChI is InChI=1S/C22H20F2N8/c1-29-4-6-30(7-5-29)20-3-2-15(10-26-20)19-8-16(18-12-28-32(14-18)22(23)24)13-31-21(19)17(9-25)11-27-31/h2-3,8,10-14,22H,4-7H2,1H3. The van der Waals surface area contributed by atoms with Crippen LogP contribution in [-0.2, 0) is 0 Å². The number of piperazine rings is 1. The monoisotopic (exact) mass is 434 g/mol. The first-order chi connectivity index (χ1) is 15.5. The van der Waals surface area contributed by atoms with Gasteiger partial charge in [-0.2, -0.15) is 24.2 Å². The second kappa shape index (κ2) is 8.01. The Balaban J connectivity index is 1.57. The van der Waals surface area contributed by atoms with Crippen LogP contribution in [0.15, 0.2) is 49.2 Å². The van der Waals surface area contributed by atoms with E-state index in [2.05, 4.69) is 38.1 Å². The Hall–Kier alpha value is -3.84. The third-order valence-corrected chi connectivity index (χ3v) is 5.75. The van der Waals surface area contributed by atoms with Crippen LogP contribution in [0.3, 0.4) is 0 Å². The van der Waals surface area contributed by atoms with Gasteiger partial charge in [0, 0.05) is 67.0 Å². The molecule has 4 aromatic heterocycles. The van der Waals surface area contributed by atoms with E-state index in [0.717, 1.165) is 43.1 Å². The summed E-state index contributed by atoms with van der Waals surface area (Å²) in [6.45, 7) is 1.09. The van der Waals surface area contributed by atoms with E-state index < -0.39 is 6.55 Å². The molecule has 0 aliphatic carbocycles. The number of nitrogens with zero attached hydrogens (tertiary/aromatic N) is 8. The maximum absolute atomic E-state index is 13.0. The third kappa shape index (κ3) is 3.56. The molecule has 5 heterocycles. The maximum atomic E-state index is 13.0. The summed E-state index contributed by atoms with van der Waals surface area (Å²) in [5, 5.41) is 17.6. The van der Waals surface area contributed by atoms with Gasteiger partial charge in [-0.3, -0.25) is 0 Å². The minimum absolute atomic E-state index is 0.429. The number of pyridine rings is 2. The van der Waals surface area contributed by atoms with Crippen LogP contribution in [0.1, 0.15) is 12.1 Å². The van der Waals surface area contributed by atoms with Crippen molar-refractivity contribution in [2.45, 2.75) is 6.55 Å². The Labute approximate surface area is 182 Å². The van der Waals surface area contributed by atoms with Gasteiger partial charge in [-0.15, -0.1) is 0 Å². The maximum Gasteiger partial charge on any atom is 0.333 e. The Morgan fingerprint density at radius 2 is 1.78 bits per heavy atom. The minimum Gasteiger partial charge on any atom is -0.354 e. The number of alkyl halides is 2. The van der Waals surface area contributed by atoms with E-state index in [1.165, 1.54) is 18.6 Å². The Kier molecular flexibility index (Phi) is 5.03. The number of likely N-dealkylation sites (N-methyl/N-ethyl adjacent to an activating group) is 1. The lowest BCUT2D eigenvalue weighted by atomic mass is 10.0. The highest BCUT2D eigenvalue weighted by molar-refractivity contribution is 5.87. The minimum atomic E-state index is -2.71. The van der Waals surface area contributed by atoms with E-state index in [-0.39, 0.29) is 0 Å². The molecule has 1 saturated heterocycles. The van der Waals surface area contributed by atoms with Crippen molar-refractivity contribution in [1.82, 2.24) is 29.3 Å². The summed E-state index contributed by atoms with van der Waals surface area (Å²) in [5.41, 5.74) is 3.83. The quantitative estimate of drug-likeness (QED) is 0.491. The first-order valence-corrected chi connectivity index (χ1v) is 10.2. The van der Waals surface area contributed by atoms with Crippen molar-refractivity contribution in [3.05, 3.63) is 54.7 Å². The Bertz CT molecular complexity index is 1290. The third-order valence-electron chi connectivity index (χ3n) is 5.75. The lowest BCUT2D eigenvalue weighted by Crippen LogP contribution is -2.44. The molecule has 0 saturated carbocycles. The molecule has 162 valence electrons. The van der Waals surface area contributed by atoms with E-state index in [1.807, 2.05) is 18.2 Å². The van der Waals surface area contributed by atoms with Gasteiger partial charge in [0.1, 0.15) is 11.9 Å². The Morgan fingerprint density at radius 3 is 2.44 bits per heavy atom. The molecular formula is C22H20F2N8. The van der Waals surface area contributed by atoms with Crippen molar-refractivity contribution >= 4 is 11.3 Å². The molecule has 1 aliphatic heterocycles. The number of halogens is 2. The van der Waals surface area contributed by atoms with Crippen molar-refractivity contribution in [1.29, 1.82) is 5.26 Å². The molecule has 0 radical (unpaired) electrons. The van der Waals surface area contributed by atoms with Crippen LogP contribution in [0.5, 0.6) is 0 Å². The van der Waals surface area contributed by atoms with Gasteiger partial charge in [0.25, 0.3) is 0 Å². The van der Waals surface area contributed by atoms with Crippen LogP contribution >= 0.6 is 0 Å². The van der Waals surface area contributed by atoms with Crippen LogP contribution in [0, 0.1) is 11.3 Å². The zero-order chi connectivity index (χ0) is 22.2. The molecule has 0 N–H and O–H groups in total. The van der Waals surface area contributed by atoms with Crippen molar-refractivity contribution in [2.24, 2.45) is 0 Å². The fraction of sp³-hybridized carbons (Fsp3) is 0.273. The van der Waals surface area contributed by atoms with E-state index in [1.54, 1.807) is 16.9 Å². The van der Waals surface area contributed by atoms with Gasteiger partial charge in [-0.1, -0.05) is 0 Å². The first-order valence-electron chi connectivity index (χ1n) is 10.2. The first kappa shape index (κ1) is 20.1. The van der Waals surface area contributed by atoms with Gasteiger partial charge in [-0.05, 0) is 25.2 Å². The molecule has 0 spiro atoms. The molecule has 1 fully saturated rings. The molecule has 4 aromatic rings. The van der Waals surface area contributed by atoms with Crippen molar-refractivity contribution in [2.75, 3.05) is 38.1 Å². The van der Waals surface area contributed by atoms with E-state index >= 15 is 0 Å². The lowest BCUT2D eigenvalue weighted by molar-refractivity contribution is 0.0566. The highest BCUT2D eigenvalue weighted by Gasteiger charge is 2.18. The normalized spacial score (nSPS) is 14.9. The summed E-state index contributed by atoms with van der Waals surface area (Å²) >= 11 is 0. The number of anilines is 1. The predicted molar refractivity (Wildman–Crippen MR) is 115 cm³/mol. The van der Waals surface area contributed by atoms with E-state index in [9.17, 15) is 14.0 Å². The van der Waals surface area contributed by atoms with E-state index in [0.29, 0.717) is 26.9 Å². The van der Waals surface area contributed by atoms with Crippen molar-refractivity contribution in [3.63, 3.8) is 0 Å². The van der Waals surface area contributed by atoms with Crippen LogP contribution in [-0.4, -0.2) is 62.5 Å². The average Bonchev–Trinajstić information content (AvgIpc) is 3.47. The number of hydrogen-bond donors (Lipinski definition) is 0. The molecule has 32 heavy (non-hydrogen) atoms. The average molecular weight is 434 g/mol. The molecule has 0 bridgehead atoms. The number of nitriles is 1. The summed E-state index contributed by atoms with van der Waals surface area (Å²) in [4.78, 5) is 9.19. The largest absolute Gasteiger partial charge is 0.354 e. The van der Waals surface area contributed by atoms with Gasteiger partial charge in [0.15, 0.2) is 0 Å². The summed E-state index contributed by atoms with van der Waals surface area (Å²) in [5.74, 6) is 0.904. The summed E-state index contributed by atoms with van der Waals surface area (Å²) in [6.07, 6.45) is 7.67. The molecular weight excluding hydrogens is 414 g/mol. The predicted octanol–water partition coefficient (Wildman–Crippen LogP) is 3.28. The molecule has 5 rings (SSSR count). The van der Waals surface area contributed by atoms with Gasteiger partial charge >= 0.3 is 6.55 Å². The highest BCUT2D eigenvalue weighted by atomic mass is 19.3. The molecule has 0 atom stereocenters. The Morgan fingerprint density at radius 1 is 0.969 bits per heavy atom. The summed E-state index contributed by atoms with van der Waals surface area (Å²) in [7, 11) is 2.11. The van der Waals surface area contributed by atoms with Crippen molar-refractivity contribution < 1.29 is 8.78 Å². The number of hydrogen-bond acceptors (Lipinski definition) is 6. The van der Waals surface area contributed by atoms with E-state index in [4.69, 9.17) is 0 Å². The molecule has 0 aromatic carbocycles. The topological polar surface area (TPSA) is 78.3 Å². The van der Waals surface area contributed by atoms with Gasteiger partial charge in [0.05, 0.1) is 23.5 Å². The number of fused-ring (bicyclic) bond motifs is 1. The number of rotatable bonds is 4. The molecule has 0 unspecified atom stereocenters. The zero-order valence-corrected chi connectivity index (χ0v) is 17.4. The highest BCUT2D eigenvalue weighted by Crippen LogP contribution is 2.32.